The van der Waals surface area contributed by atoms with Crippen molar-refractivity contribution in [3.05, 3.63) is 75.5 Å². The van der Waals surface area contributed by atoms with Crippen LogP contribution in [0.25, 0.3) is 5.69 Å². The number of halogens is 1. The van der Waals surface area contributed by atoms with Gasteiger partial charge in [0.1, 0.15) is 0 Å². The average Bonchev–Trinajstić information content (AvgIpc) is 3.01. The fourth-order valence-corrected chi connectivity index (χ4v) is 3.50. The maximum atomic E-state index is 12.6. The summed E-state index contributed by atoms with van der Waals surface area (Å²) in [4.78, 5) is 10.0. The maximum absolute atomic E-state index is 12.6. The lowest BCUT2D eigenvalue weighted by Gasteiger charge is -2.12. The lowest BCUT2D eigenvalue weighted by molar-refractivity contribution is -0.384. The monoisotopic (exact) mass is 422 g/mol. The molecule has 0 saturated carbocycles. The zero-order chi connectivity index (χ0) is 18.0. The quantitative estimate of drug-likeness (QED) is 0.500. The lowest BCUT2D eigenvalue weighted by atomic mass is 10.3. The summed E-state index contributed by atoms with van der Waals surface area (Å²) >= 11 is 3.29. The van der Waals surface area contributed by atoms with Crippen LogP contribution >= 0.6 is 15.9 Å². The van der Waals surface area contributed by atoms with Crippen LogP contribution in [0.4, 0.5) is 11.4 Å². The molecule has 0 aliphatic carbocycles. The number of para-hydroxylation sites is 2. The summed E-state index contributed by atoms with van der Waals surface area (Å²) < 4.78 is 29.9. The van der Waals surface area contributed by atoms with E-state index in [0.29, 0.717) is 11.4 Å². The maximum Gasteiger partial charge on any atom is 0.269 e. The molecule has 0 fully saturated rings. The number of anilines is 1. The molecule has 0 aliphatic heterocycles. The minimum atomic E-state index is -3.90. The number of benzene rings is 2. The highest BCUT2D eigenvalue weighted by Gasteiger charge is 2.18. The molecule has 0 unspecified atom stereocenters. The standard InChI is InChI=1S/C15H11BrN4O4S/c16-11-9-17-19(10-11)15-4-2-1-3-14(15)18-25(23,24)13-7-5-12(6-8-13)20(21)22/h1-10,18H. The smallest absolute Gasteiger partial charge is 0.269 e. The number of sulfonamides is 1. The molecule has 0 spiro atoms. The summed E-state index contributed by atoms with van der Waals surface area (Å²) in [7, 11) is -3.90. The molecule has 3 aromatic rings. The molecule has 128 valence electrons. The molecule has 0 bridgehead atoms. The summed E-state index contributed by atoms with van der Waals surface area (Å²) in [6.45, 7) is 0. The largest absolute Gasteiger partial charge is 0.277 e. The van der Waals surface area contributed by atoms with Gasteiger partial charge in [-0.3, -0.25) is 14.8 Å². The molecule has 0 atom stereocenters. The van der Waals surface area contributed by atoms with Crippen molar-refractivity contribution in [2.24, 2.45) is 0 Å². The van der Waals surface area contributed by atoms with Crippen LogP contribution in [0.5, 0.6) is 0 Å². The third kappa shape index (κ3) is 3.69. The van der Waals surface area contributed by atoms with Crippen LogP contribution in [0.2, 0.25) is 0 Å². The molecule has 0 radical (unpaired) electrons. The Hall–Kier alpha value is -2.72. The number of hydrogen-bond donors (Lipinski definition) is 1. The first-order chi connectivity index (χ1) is 11.9. The zero-order valence-electron chi connectivity index (χ0n) is 12.5. The lowest BCUT2D eigenvalue weighted by Crippen LogP contribution is -2.14. The first-order valence-corrected chi connectivity index (χ1v) is 9.21. The highest BCUT2D eigenvalue weighted by Crippen LogP contribution is 2.25. The van der Waals surface area contributed by atoms with E-state index in [0.717, 1.165) is 16.6 Å². The van der Waals surface area contributed by atoms with Gasteiger partial charge in [0.25, 0.3) is 15.7 Å². The third-order valence-corrected chi connectivity index (χ3v) is 5.10. The second-order valence-corrected chi connectivity index (χ2v) is 7.57. The number of nitro benzene ring substituents is 1. The highest BCUT2D eigenvalue weighted by molar-refractivity contribution is 9.10. The van der Waals surface area contributed by atoms with Crippen LogP contribution in [0.15, 0.2) is 70.3 Å². The molecule has 0 saturated heterocycles. The van der Waals surface area contributed by atoms with E-state index >= 15 is 0 Å². The molecular formula is C15H11BrN4O4S. The second-order valence-electron chi connectivity index (χ2n) is 4.98. The molecule has 2 aromatic carbocycles. The van der Waals surface area contributed by atoms with Gasteiger partial charge in [-0.05, 0) is 40.2 Å². The van der Waals surface area contributed by atoms with E-state index < -0.39 is 14.9 Å². The Morgan fingerprint density at radius 1 is 1.12 bits per heavy atom. The van der Waals surface area contributed by atoms with Gasteiger partial charge < -0.3 is 0 Å². The van der Waals surface area contributed by atoms with Gasteiger partial charge in [-0.1, -0.05) is 12.1 Å². The summed E-state index contributed by atoms with van der Waals surface area (Å²) in [5.74, 6) is 0. The summed E-state index contributed by atoms with van der Waals surface area (Å²) in [5, 5.41) is 14.8. The van der Waals surface area contributed by atoms with Crippen LogP contribution in [0, 0.1) is 10.1 Å². The average molecular weight is 423 g/mol. The molecule has 25 heavy (non-hydrogen) atoms. The summed E-state index contributed by atoms with van der Waals surface area (Å²) in [5.41, 5.74) is 0.691. The van der Waals surface area contributed by atoms with Crippen LogP contribution in [-0.4, -0.2) is 23.1 Å². The molecule has 3 rings (SSSR count). The Bertz CT molecular complexity index is 1030. The summed E-state index contributed by atoms with van der Waals surface area (Å²) in [6.07, 6.45) is 3.28. The Morgan fingerprint density at radius 2 is 1.80 bits per heavy atom. The third-order valence-electron chi connectivity index (χ3n) is 3.30. The van der Waals surface area contributed by atoms with Gasteiger partial charge in [-0.15, -0.1) is 0 Å². The van der Waals surface area contributed by atoms with E-state index in [2.05, 4.69) is 25.8 Å². The van der Waals surface area contributed by atoms with E-state index in [4.69, 9.17) is 0 Å². The van der Waals surface area contributed by atoms with Gasteiger partial charge in [-0.2, -0.15) is 5.10 Å². The summed E-state index contributed by atoms with van der Waals surface area (Å²) in [6, 6.07) is 11.4. The SMILES string of the molecule is O=[N+]([O-])c1ccc(S(=O)(=O)Nc2ccccc2-n2cc(Br)cn2)cc1. The predicted molar refractivity (Wildman–Crippen MR) is 95.2 cm³/mol. The Labute approximate surface area is 151 Å². The van der Waals surface area contributed by atoms with Crippen molar-refractivity contribution in [1.82, 2.24) is 9.78 Å². The van der Waals surface area contributed by atoms with Gasteiger partial charge in [0, 0.05) is 18.3 Å². The molecule has 0 aliphatic rings. The number of non-ortho nitro benzene ring substituents is 1. The number of rotatable bonds is 5. The predicted octanol–water partition coefficient (Wildman–Crippen LogP) is 3.34. The van der Waals surface area contributed by atoms with Gasteiger partial charge in [0.15, 0.2) is 0 Å². The highest BCUT2D eigenvalue weighted by atomic mass is 79.9. The van der Waals surface area contributed by atoms with Crippen LogP contribution in [0.3, 0.4) is 0 Å². The van der Waals surface area contributed by atoms with Gasteiger partial charge in [-0.25, -0.2) is 13.1 Å². The number of hydrogen-bond acceptors (Lipinski definition) is 5. The number of aromatic nitrogens is 2. The Balaban J connectivity index is 1.95. The van der Waals surface area contributed by atoms with Crippen LogP contribution in [0.1, 0.15) is 0 Å². The van der Waals surface area contributed by atoms with Crippen molar-refractivity contribution in [3.8, 4) is 5.69 Å². The molecule has 0 amide bonds. The molecule has 1 aromatic heterocycles. The topological polar surface area (TPSA) is 107 Å². The Kier molecular flexibility index (Phi) is 4.55. The first-order valence-electron chi connectivity index (χ1n) is 6.94. The van der Waals surface area contributed by atoms with E-state index in [1.54, 1.807) is 36.7 Å². The van der Waals surface area contributed by atoms with Crippen molar-refractivity contribution < 1.29 is 13.3 Å². The zero-order valence-corrected chi connectivity index (χ0v) is 14.9. The van der Waals surface area contributed by atoms with Crippen molar-refractivity contribution in [2.45, 2.75) is 4.90 Å². The van der Waals surface area contributed by atoms with Crippen molar-refractivity contribution >= 4 is 37.3 Å². The number of nitrogens with one attached hydrogen (secondary N) is 1. The molecule has 1 heterocycles. The number of nitrogens with zero attached hydrogens (tertiary/aromatic N) is 3. The molecular weight excluding hydrogens is 412 g/mol. The fourth-order valence-electron chi connectivity index (χ4n) is 2.14. The molecule has 1 N–H and O–H groups in total. The van der Waals surface area contributed by atoms with Gasteiger partial charge in [0.05, 0.1) is 31.9 Å². The second kappa shape index (κ2) is 6.65. The molecule has 8 nitrogen and oxygen atoms in total. The Morgan fingerprint density at radius 3 is 2.40 bits per heavy atom. The van der Waals surface area contributed by atoms with Crippen molar-refractivity contribution in [1.29, 1.82) is 0 Å². The van der Waals surface area contributed by atoms with Gasteiger partial charge >= 0.3 is 0 Å². The number of nitro groups is 1. The van der Waals surface area contributed by atoms with Crippen LogP contribution in [-0.2, 0) is 10.0 Å². The first kappa shape index (κ1) is 17.1. The normalized spacial score (nSPS) is 11.2. The van der Waals surface area contributed by atoms with Crippen molar-refractivity contribution in [3.63, 3.8) is 0 Å². The minimum absolute atomic E-state index is 0.0745. The van der Waals surface area contributed by atoms with Crippen molar-refractivity contribution in [2.75, 3.05) is 4.72 Å². The van der Waals surface area contributed by atoms with Crippen LogP contribution < -0.4 is 4.72 Å². The van der Waals surface area contributed by atoms with E-state index in [-0.39, 0.29) is 10.6 Å². The minimum Gasteiger partial charge on any atom is -0.277 e. The van der Waals surface area contributed by atoms with E-state index in [1.807, 2.05) is 0 Å². The molecule has 10 heteroatoms. The van der Waals surface area contributed by atoms with E-state index in [1.165, 1.54) is 16.8 Å². The van der Waals surface area contributed by atoms with Gasteiger partial charge in [0.2, 0.25) is 0 Å². The fraction of sp³-hybridized carbons (Fsp3) is 0. The van der Waals surface area contributed by atoms with E-state index in [9.17, 15) is 18.5 Å².